The van der Waals surface area contributed by atoms with E-state index in [-0.39, 0.29) is 12.6 Å². The van der Waals surface area contributed by atoms with E-state index >= 15 is 0 Å². The van der Waals surface area contributed by atoms with Crippen molar-refractivity contribution in [1.82, 2.24) is 4.31 Å². The number of ether oxygens (including phenoxy) is 1. The van der Waals surface area contributed by atoms with E-state index in [1.165, 1.54) is 18.3 Å². The first-order valence-electron chi connectivity index (χ1n) is 4.72. The smallest absolute Gasteiger partial charge is 0.325 e. The molecule has 1 fully saturated rings. The number of sulfonamides is 1. The van der Waals surface area contributed by atoms with Crippen LogP contribution in [0.3, 0.4) is 0 Å². The maximum atomic E-state index is 11.8. The SMILES string of the molecule is COC(=O)C(C)S(=O)(=O)N1CC[C@H](N)C1. The zero-order chi connectivity index (χ0) is 11.6. The summed E-state index contributed by atoms with van der Waals surface area (Å²) in [6.45, 7) is 1.99. The maximum Gasteiger partial charge on any atom is 0.325 e. The molecule has 0 bridgehead atoms. The second-order valence-corrected chi connectivity index (χ2v) is 5.87. The number of nitrogens with zero attached hydrogens (tertiary/aromatic N) is 1. The van der Waals surface area contributed by atoms with Crippen molar-refractivity contribution >= 4 is 16.0 Å². The third-order valence-electron chi connectivity index (χ3n) is 2.53. The van der Waals surface area contributed by atoms with Gasteiger partial charge in [0.25, 0.3) is 0 Å². The number of methoxy groups -OCH3 is 1. The van der Waals surface area contributed by atoms with Crippen molar-refractivity contribution in [3.05, 3.63) is 0 Å². The average Bonchev–Trinajstić information content (AvgIpc) is 2.63. The third-order valence-corrected chi connectivity index (χ3v) is 4.66. The van der Waals surface area contributed by atoms with Gasteiger partial charge in [-0.25, -0.2) is 8.42 Å². The van der Waals surface area contributed by atoms with Gasteiger partial charge in [-0.05, 0) is 13.3 Å². The lowest BCUT2D eigenvalue weighted by Gasteiger charge is -2.19. The molecule has 2 N–H and O–H groups in total. The summed E-state index contributed by atoms with van der Waals surface area (Å²) in [5.41, 5.74) is 5.61. The predicted octanol–water partition coefficient (Wildman–Crippen LogP) is -1.09. The molecule has 0 saturated carbocycles. The van der Waals surface area contributed by atoms with Gasteiger partial charge in [-0.3, -0.25) is 4.79 Å². The molecule has 1 rings (SSSR count). The highest BCUT2D eigenvalue weighted by Crippen LogP contribution is 2.16. The number of hydrogen-bond acceptors (Lipinski definition) is 5. The molecule has 1 unspecified atom stereocenters. The van der Waals surface area contributed by atoms with Gasteiger partial charge < -0.3 is 10.5 Å². The van der Waals surface area contributed by atoms with Crippen LogP contribution >= 0.6 is 0 Å². The first-order chi connectivity index (χ1) is 6.89. The van der Waals surface area contributed by atoms with E-state index in [4.69, 9.17) is 5.73 Å². The molecule has 7 heteroatoms. The Hall–Kier alpha value is -0.660. The van der Waals surface area contributed by atoms with Crippen LogP contribution in [0.1, 0.15) is 13.3 Å². The molecular formula is C8H16N2O4S. The lowest BCUT2D eigenvalue weighted by Crippen LogP contribution is -2.41. The zero-order valence-electron chi connectivity index (χ0n) is 8.84. The van der Waals surface area contributed by atoms with Crippen molar-refractivity contribution in [2.75, 3.05) is 20.2 Å². The van der Waals surface area contributed by atoms with Gasteiger partial charge in [-0.2, -0.15) is 4.31 Å². The van der Waals surface area contributed by atoms with Crippen LogP contribution in [0.5, 0.6) is 0 Å². The molecule has 0 amide bonds. The summed E-state index contributed by atoms with van der Waals surface area (Å²) in [4.78, 5) is 11.1. The quantitative estimate of drug-likeness (QED) is 0.629. The molecule has 88 valence electrons. The van der Waals surface area contributed by atoms with E-state index in [0.29, 0.717) is 13.0 Å². The van der Waals surface area contributed by atoms with Gasteiger partial charge in [0.15, 0.2) is 5.25 Å². The highest BCUT2D eigenvalue weighted by molar-refractivity contribution is 7.90. The standard InChI is InChI=1S/C8H16N2O4S/c1-6(8(11)14-2)15(12,13)10-4-3-7(9)5-10/h6-7H,3-5,9H2,1-2H3/t6?,7-/m0/s1. The average molecular weight is 236 g/mol. The Labute approximate surface area is 89.4 Å². The summed E-state index contributed by atoms with van der Waals surface area (Å²) in [6.07, 6.45) is 0.632. The number of rotatable bonds is 3. The monoisotopic (exact) mass is 236 g/mol. The molecule has 1 saturated heterocycles. The van der Waals surface area contributed by atoms with E-state index < -0.39 is 21.2 Å². The Bertz CT molecular complexity index is 341. The van der Waals surface area contributed by atoms with Crippen LogP contribution < -0.4 is 5.73 Å². The van der Waals surface area contributed by atoms with Crippen LogP contribution in [-0.4, -0.2) is 50.2 Å². The minimum Gasteiger partial charge on any atom is -0.468 e. The van der Waals surface area contributed by atoms with Crippen LogP contribution in [0, 0.1) is 0 Å². The Balaban J connectivity index is 2.79. The van der Waals surface area contributed by atoms with Crippen molar-refractivity contribution in [2.24, 2.45) is 5.73 Å². The van der Waals surface area contributed by atoms with E-state index in [0.717, 1.165) is 0 Å². The molecule has 2 atom stereocenters. The molecule has 0 aromatic rings. The van der Waals surface area contributed by atoms with Crippen LogP contribution in [0.4, 0.5) is 0 Å². The molecular weight excluding hydrogens is 220 g/mol. The number of carbonyl (C=O) groups is 1. The number of hydrogen-bond donors (Lipinski definition) is 1. The number of nitrogens with two attached hydrogens (primary N) is 1. The van der Waals surface area contributed by atoms with Crippen molar-refractivity contribution < 1.29 is 17.9 Å². The fourth-order valence-electron chi connectivity index (χ4n) is 1.50. The minimum atomic E-state index is -3.60. The van der Waals surface area contributed by atoms with Gasteiger partial charge in [0, 0.05) is 19.1 Å². The number of carbonyl (C=O) groups excluding carboxylic acids is 1. The summed E-state index contributed by atoms with van der Waals surface area (Å²) in [7, 11) is -2.43. The summed E-state index contributed by atoms with van der Waals surface area (Å²) in [5.74, 6) is -0.740. The highest BCUT2D eigenvalue weighted by Gasteiger charge is 2.37. The van der Waals surface area contributed by atoms with Gasteiger partial charge >= 0.3 is 5.97 Å². The lowest BCUT2D eigenvalue weighted by atomic mass is 10.3. The molecule has 6 nitrogen and oxygen atoms in total. The van der Waals surface area contributed by atoms with E-state index in [1.54, 1.807) is 0 Å². The predicted molar refractivity (Wildman–Crippen MR) is 54.6 cm³/mol. The maximum absolute atomic E-state index is 11.8. The zero-order valence-corrected chi connectivity index (χ0v) is 9.66. The molecule has 0 radical (unpaired) electrons. The van der Waals surface area contributed by atoms with Gasteiger partial charge in [0.2, 0.25) is 10.0 Å². The van der Waals surface area contributed by atoms with Crippen molar-refractivity contribution in [2.45, 2.75) is 24.6 Å². The lowest BCUT2D eigenvalue weighted by molar-refractivity contribution is -0.139. The topological polar surface area (TPSA) is 89.7 Å². The molecule has 0 aromatic heterocycles. The molecule has 0 aliphatic carbocycles. The van der Waals surface area contributed by atoms with Crippen molar-refractivity contribution in [1.29, 1.82) is 0 Å². The van der Waals surface area contributed by atoms with Gasteiger partial charge in [0.1, 0.15) is 0 Å². The first kappa shape index (κ1) is 12.4. The largest absolute Gasteiger partial charge is 0.468 e. The third kappa shape index (κ3) is 2.47. The van der Waals surface area contributed by atoms with E-state index in [9.17, 15) is 13.2 Å². The van der Waals surface area contributed by atoms with Gasteiger partial charge in [0.05, 0.1) is 7.11 Å². The molecule has 15 heavy (non-hydrogen) atoms. The van der Waals surface area contributed by atoms with Crippen LogP contribution in [0.25, 0.3) is 0 Å². The highest BCUT2D eigenvalue weighted by atomic mass is 32.2. The number of esters is 1. The Morgan fingerprint density at radius 3 is 2.60 bits per heavy atom. The molecule has 1 aliphatic rings. The van der Waals surface area contributed by atoms with Gasteiger partial charge in [-0.15, -0.1) is 0 Å². The summed E-state index contributed by atoms with van der Waals surface area (Å²) >= 11 is 0. The van der Waals surface area contributed by atoms with Gasteiger partial charge in [-0.1, -0.05) is 0 Å². The van der Waals surface area contributed by atoms with Crippen LogP contribution in [0.2, 0.25) is 0 Å². The summed E-state index contributed by atoms with van der Waals surface area (Å²) in [6, 6.07) is -0.135. The summed E-state index contributed by atoms with van der Waals surface area (Å²) in [5, 5.41) is -1.16. The Kier molecular flexibility index (Phi) is 3.69. The molecule has 0 aromatic carbocycles. The minimum absolute atomic E-state index is 0.135. The fourth-order valence-corrected chi connectivity index (χ4v) is 3.04. The normalized spacial score (nSPS) is 25.1. The van der Waals surface area contributed by atoms with Crippen LogP contribution in [-0.2, 0) is 19.6 Å². The Morgan fingerprint density at radius 2 is 2.20 bits per heavy atom. The molecule has 1 aliphatic heterocycles. The molecule has 1 heterocycles. The van der Waals surface area contributed by atoms with E-state index in [1.807, 2.05) is 0 Å². The molecule has 0 spiro atoms. The van der Waals surface area contributed by atoms with E-state index in [2.05, 4.69) is 4.74 Å². The van der Waals surface area contributed by atoms with Crippen LogP contribution in [0.15, 0.2) is 0 Å². The fraction of sp³-hybridized carbons (Fsp3) is 0.875. The summed E-state index contributed by atoms with van der Waals surface area (Å²) < 4.78 is 29.4. The first-order valence-corrected chi connectivity index (χ1v) is 6.22. The van der Waals surface area contributed by atoms with Crippen molar-refractivity contribution in [3.63, 3.8) is 0 Å². The Morgan fingerprint density at radius 1 is 1.60 bits per heavy atom. The second-order valence-electron chi connectivity index (χ2n) is 3.62. The van der Waals surface area contributed by atoms with Crippen molar-refractivity contribution in [3.8, 4) is 0 Å². The second kappa shape index (κ2) is 4.46.